The maximum atomic E-state index is 5.11. The van der Waals surface area contributed by atoms with Crippen molar-refractivity contribution in [3.63, 3.8) is 0 Å². The Morgan fingerprint density at radius 2 is 0.775 bits per heavy atom. The van der Waals surface area contributed by atoms with Gasteiger partial charge in [-0.25, -0.2) is 0 Å². The first kappa shape index (κ1) is 24.3. The van der Waals surface area contributed by atoms with E-state index in [0.717, 1.165) is 45.1 Å². The summed E-state index contributed by atoms with van der Waals surface area (Å²) in [4.78, 5) is 20.4. The van der Waals surface area contributed by atoms with E-state index in [1.807, 2.05) is 0 Å². The van der Waals surface area contributed by atoms with Gasteiger partial charge in [0.05, 0.1) is 22.8 Å². The minimum absolute atomic E-state index is 0.542. The smallest absolute Gasteiger partial charge is 0.146 e. The third-order valence-electron chi connectivity index (χ3n) is 7.49. The molecule has 0 aliphatic carbocycles. The average Bonchev–Trinajstić information content (AvgIpc) is 3.47. The van der Waals surface area contributed by atoms with Crippen LogP contribution in [0.25, 0.3) is 21.5 Å². The van der Waals surface area contributed by atoms with Gasteiger partial charge in [-0.3, -0.25) is 20.0 Å². The zero-order chi connectivity index (χ0) is 27.5. The summed E-state index contributed by atoms with van der Waals surface area (Å²) in [5.41, 5.74) is 6.84. The first-order valence-corrected chi connectivity index (χ1v) is 13.8. The Hall–Kier alpha value is -4.70. The third kappa shape index (κ3) is 4.17. The first-order chi connectivity index (χ1) is 19.3. The quantitative estimate of drug-likeness (QED) is 0.231. The second kappa shape index (κ2) is 8.92. The molecule has 0 aromatic heterocycles. The number of hydrogen-bond acceptors (Lipinski definition) is 4. The molecule has 2 aliphatic rings. The van der Waals surface area contributed by atoms with Gasteiger partial charge < -0.3 is 0 Å². The SMILES string of the molecule is CC1(C)N=C(c2cccc(C3=NC(C)(C)N=C3c3cccc4ccccc34)c2)C(c2cccc3ccccc23)=N1. The van der Waals surface area contributed by atoms with Gasteiger partial charge in [0.25, 0.3) is 0 Å². The van der Waals surface area contributed by atoms with Gasteiger partial charge >= 0.3 is 0 Å². The van der Waals surface area contributed by atoms with E-state index in [2.05, 4.69) is 137 Å². The topological polar surface area (TPSA) is 49.4 Å². The van der Waals surface area contributed by atoms with Crippen molar-refractivity contribution in [3.8, 4) is 0 Å². The molecule has 0 unspecified atom stereocenters. The molecule has 0 spiro atoms. The predicted octanol–water partition coefficient (Wildman–Crippen LogP) is 8.05. The Bertz CT molecular complexity index is 1800. The van der Waals surface area contributed by atoms with Crippen LogP contribution in [0, 0.1) is 0 Å². The van der Waals surface area contributed by atoms with Crippen molar-refractivity contribution in [1.29, 1.82) is 0 Å². The fourth-order valence-electron chi connectivity index (χ4n) is 5.81. The highest BCUT2D eigenvalue weighted by molar-refractivity contribution is 6.58. The van der Waals surface area contributed by atoms with Crippen molar-refractivity contribution in [2.24, 2.45) is 20.0 Å². The molecule has 0 saturated heterocycles. The van der Waals surface area contributed by atoms with Crippen LogP contribution in [0.4, 0.5) is 0 Å². The van der Waals surface area contributed by atoms with E-state index in [1.54, 1.807) is 0 Å². The lowest BCUT2D eigenvalue weighted by molar-refractivity contribution is 0.566. The van der Waals surface area contributed by atoms with Gasteiger partial charge in [0.2, 0.25) is 0 Å². The Morgan fingerprint density at radius 3 is 1.25 bits per heavy atom. The second-order valence-corrected chi connectivity index (χ2v) is 11.5. The van der Waals surface area contributed by atoms with E-state index in [-0.39, 0.29) is 0 Å². The van der Waals surface area contributed by atoms with Crippen LogP contribution < -0.4 is 0 Å². The van der Waals surface area contributed by atoms with Crippen LogP contribution >= 0.6 is 0 Å². The average molecular weight is 519 g/mol. The van der Waals surface area contributed by atoms with E-state index in [9.17, 15) is 0 Å². The van der Waals surface area contributed by atoms with Gasteiger partial charge in [-0.2, -0.15) is 0 Å². The molecule has 5 aromatic carbocycles. The number of aliphatic imine (C=N–C) groups is 4. The highest BCUT2D eigenvalue weighted by atomic mass is 15.1. The normalized spacial score (nSPS) is 17.5. The number of fused-ring (bicyclic) bond motifs is 2. The van der Waals surface area contributed by atoms with Crippen molar-refractivity contribution in [1.82, 2.24) is 0 Å². The minimum Gasteiger partial charge on any atom is -0.253 e. The Labute approximate surface area is 234 Å². The molecule has 0 radical (unpaired) electrons. The van der Waals surface area contributed by atoms with Crippen molar-refractivity contribution in [2.45, 2.75) is 39.0 Å². The largest absolute Gasteiger partial charge is 0.253 e. The molecule has 7 rings (SSSR count). The Balaban J connectivity index is 1.35. The lowest BCUT2D eigenvalue weighted by Crippen LogP contribution is -2.17. The Kier molecular flexibility index (Phi) is 5.43. The summed E-state index contributed by atoms with van der Waals surface area (Å²) >= 11 is 0. The highest BCUT2D eigenvalue weighted by Crippen LogP contribution is 2.31. The van der Waals surface area contributed by atoms with Crippen LogP contribution in [0.2, 0.25) is 0 Å². The van der Waals surface area contributed by atoms with Crippen LogP contribution in [0.1, 0.15) is 49.9 Å². The summed E-state index contributed by atoms with van der Waals surface area (Å²) in [5.74, 6) is 0. The fourth-order valence-corrected chi connectivity index (χ4v) is 5.81. The molecule has 194 valence electrons. The molecule has 2 aliphatic heterocycles. The summed E-state index contributed by atoms with van der Waals surface area (Å²) in [6, 6.07) is 38.2. The number of nitrogens with zero attached hydrogens (tertiary/aromatic N) is 4. The maximum Gasteiger partial charge on any atom is 0.146 e. The van der Waals surface area contributed by atoms with Crippen LogP contribution in [0.15, 0.2) is 129 Å². The molecule has 0 N–H and O–H groups in total. The van der Waals surface area contributed by atoms with Crippen molar-refractivity contribution < 1.29 is 0 Å². The molecular weight excluding hydrogens is 488 g/mol. The molecule has 0 fully saturated rings. The number of hydrogen-bond donors (Lipinski definition) is 0. The summed E-state index contributed by atoms with van der Waals surface area (Å²) in [6.45, 7) is 8.24. The molecule has 5 aromatic rings. The van der Waals surface area contributed by atoms with Gasteiger partial charge in [-0.15, -0.1) is 0 Å². The molecule has 0 saturated carbocycles. The summed E-state index contributed by atoms with van der Waals surface area (Å²) in [5, 5.41) is 4.74. The van der Waals surface area contributed by atoms with E-state index >= 15 is 0 Å². The Morgan fingerprint density at radius 1 is 0.400 bits per heavy atom. The molecule has 0 amide bonds. The summed E-state index contributed by atoms with van der Waals surface area (Å²) < 4.78 is 0. The standard InChI is InChI=1S/C36H30N4/c1-35(2)37-31(33(39-35)29-20-10-14-23-12-5-7-18-27(23)29)25-16-9-17-26(22-25)32-34(40-36(3,4)38-32)30-21-11-15-24-13-6-8-19-28(24)30/h5-22H,1-4H3. The third-order valence-corrected chi connectivity index (χ3v) is 7.49. The zero-order valence-electron chi connectivity index (χ0n) is 23.2. The predicted molar refractivity (Wildman–Crippen MR) is 169 cm³/mol. The molecule has 2 heterocycles. The van der Waals surface area contributed by atoms with Crippen LogP contribution in [0.3, 0.4) is 0 Å². The van der Waals surface area contributed by atoms with E-state index < -0.39 is 11.3 Å². The van der Waals surface area contributed by atoms with Gasteiger partial charge in [-0.05, 0) is 55.3 Å². The summed E-state index contributed by atoms with van der Waals surface area (Å²) in [6.07, 6.45) is 0. The number of rotatable bonds is 4. The van der Waals surface area contributed by atoms with Gasteiger partial charge in [0, 0.05) is 22.3 Å². The maximum absolute atomic E-state index is 5.11. The first-order valence-electron chi connectivity index (χ1n) is 13.8. The highest BCUT2D eigenvalue weighted by Gasteiger charge is 2.32. The molecule has 40 heavy (non-hydrogen) atoms. The van der Waals surface area contributed by atoms with Gasteiger partial charge in [0.1, 0.15) is 11.3 Å². The minimum atomic E-state index is -0.542. The van der Waals surface area contributed by atoms with Crippen molar-refractivity contribution >= 4 is 44.4 Å². The van der Waals surface area contributed by atoms with E-state index in [1.165, 1.54) is 21.5 Å². The van der Waals surface area contributed by atoms with Gasteiger partial charge in [0.15, 0.2) is 0 Å². The second-order valence-electron chi connectivity index (χ2n) is 11.5. The summed E-state index contributed by atoms with van der Waals surface area (Å²) in [7, 11) is 0. The van der Waals surface area contributed by atoms with E-state index in [0.29, 0.717) is 0 Å². The van der Waals surface area contributed by atoms with Gasteiger partial charge in [-0.1, -0.05) is 103 Å². The molecule has 0 atom stereocenters. The number of benzene rings is 5. The lowest BCUT2D eigenvalue weighted by Gasteiger charge is -2.12. The van der Waals surface area contributed by atoms with Crippen LogP contribution in [-0.4, -0.2) is 34.2 Å². The van der Waals surface area contributed by atoms with Crippen molar-refractivity contribution in [2.75, 3.05) is 0 Å². The molecule has 4 nitrogen and oxygen atoms in total. The monoisotopic (exact) mass is 518 g/mol. The van der Waals surface area contributed by atoms with Crippen molar-refractivity contribution in [3.05, 3.63) is 131 Å². The van der Waals surface area contributed by atoms with Crippen LogP contribution in [-0.2, 0) is 0 Å². The molecule has 0 bridgehead atoms. The fraction of sp³-hybridized carbons (Fsp3) is 0.167. The van der Waals surface area contributed by atoms with E-state index in [4.69, 9.17) is 20.0 Å². The lowest BCUT2D eigenvalue weighted by atomic mass is 9.92. The molecular formula is C36H30N4. The zero-order valence-corrected chi connectivity index (χ0v) is 23.2. The molecule has 4 heteroatoms. The van der Waals surface area contributed by atoms with Crippen LogP contribution in [0.5, 0.6) is 0 Å².